The number of fused-ring (bicyclic) bond motifs is 2. The van der Waals surface area contributed by atoms with E-state index in [1.165, 1.54) is 6.33 Å². The molecule has 2 N–H and O–H groups in total. The minimum absolute atomic E-state index is 0.150. The first kappa shape index (κ1) is 15.1. The predicted molar refractivity (Wildman–Crippen MR) is 81.5 cm³/mol. The molecule has 0 aromatic carbocycles. The molecule has 0 aliphatic carbocycles. The van der Waals surface area contributed by atoms with Crippen LogP contribution in [0.3, 0.4) is 0 Å². The number of nitrogens with zero attached hydrogens (tertiary/aromatic N) is 7. The summed E-state index contributed by atoms with van der Waals surface area (Å²) in [7, 11) is 0. The number of hydrogen-bond donors (Lipinski definition) is 1. The molecule has 2 aromatic heterocycles. The molecule has 0 amide bonds. The summed E-state index contributed by atoms with van der Waals surface area (Å²) < 4.78 is 19.7. The van der Waals surface area contributed by atoms with Crippen LogP contribution in [0.15, 0.2) is 17.8 Å². The fourth-order valence-electron chi connectivity index (χ4n) is 3.20. The number of nitrogens with two attached hydrogens (primary N) is 1. The summed E-state index contributed by atoms with van der Waals surface area (Å²) in [6.45, 7) is 3.82. The molecule has 0 bridgehead atoms. The van der Waals surface area contributed by atoms with Crippen molar-refractivity contribution in [3.05, 3.63) is 23.1 Å². The van der Waals surface area contributed by atoms with E-state index in [-0.39, 0.29) is 18.8 Å². The molecular weight excluding hydrogens is 316 g/mol. The summed E-state index contributed by atoms with van der Waals surface area (Å²) in [5, 5.41) is 3.60. The number of ether oxygens (including phenoxy) is 3. The van der Waals surface area contributed by atoms with Gasteiger partial charge in [-0.15, -0.1) is 0 Å². The Labute approximate surface area is 136 Å². The summed E-state index contributed by atoms with van der Waals surface area (Å²) in [5.74, 6) is -0.459. The van der Waals surface area contributed by atoms with Crippen LogP contribution in [-0.4, -0.2) is 50.2 Å². The molecule has 0 saturated carbocycles. The SMILES string of the molecule is CC1(C)O[C@@H]2[C@H](O1)[C@H](n1cnc3c(N)ncnc31)O[C@@H]2CN=[N+]=[N-]. The topological polar surface area (TPSA) is 146 Å². The zero-order valence-electron chi connectivity index (χ0n) is 13.1. The minimum Gasteiger partial charge on any atom is -0.382 e. The van der Waals surface area contributed by atoms with Crippen LogP contribution < -0.4 is 5.73 Å². The van der Waals surface area contributed by atoms with Crippen molar-refractivity contribution in [2.24, 2.45) is 5.11 Å². The molecule has 2 aromatic rings. The van der Waals surface area contributed by atoms with E-state index in [9.17, 15) is 0 Å². The van der Waals surface area contributed by atoms with Crippen molar-refractivity contribution in [2.45, 2.75) is 44.2 Å². The predicted octanol–water partition coefficient (Wildman–Crippen LogP) is 1.14. The monoisotopic (exact) mass is 332 g/mol. The summed E-state index contributed by atoms with van der Waals surface area (Å²) >= 11 is 0. The second-order valence-electron chi connectivity index (χ2n) is 6.13. The fraction of sp³-hybridized carbons (Fsp3) is 0.615. The van der Waals surface area contributed by atoms with Gasteiger partial charge in [-0.1, -0.05) is 5.11 Å². The second kappa shape index (κ2) is 5.28. The summed E-state index contributed by atoms with van der Waals surface area (Å²) in [5.41, 5.74) is 15.4. The number of rotatable bonds is 3. The Morgan fingerprint density at radius 3 is 2.92 bits per heavy atom. The smallest absolute Gasteiger partial charge is 0.167 e. The lowest BCUT2D eigenvalue weighted by atomic mass is 10.1. The average molecular weight is 332 g/mol. The van der Waals surface area contributed by atoms with Crippen molar-refractivity contribution in [1.82, 2.24) is 19.5 Å². The van der Waals surface area contributed by atoms with Gasteiger partial charge in [-0.25, -0.2) is 15.0 Å². The van der Waals surface area contributed by atoms with Gasteiger partial charge in [-0.2, -0.15) is 0 Å². The molecule has 11 nitrogen and oxygen atoms in total. The molecule has 0 spiro atoms. The number of aromatic nitrogens is 4. The zero-order chi connectivity index (χ0) is 16.9. The largest absolute Gasteiger partial charge is 0.382 e. The third-order valence-corrected chi connectivity index (χ3v) is 4.11. The quantitative estimate of drug-likeness (QED) is 0.503. The molecule has 4 atom stereocenters. The van der Waals surface area contributed by atoms with E-state index in [2.05, 4.69) is 25.0 Å². The molecule has 11 heteroatoms. The number of anilines is 1. The Hall–Kier alpha value is -2.46. The Morgan fingerprint density at radius 2 is 2.12 bits per heavy atom. The highest BCUT2D eigenvalue weighted by Crippen LogP contribution is 2.43. The van der Waals surface area contributed by atoms with Crippen LogP contribution in [0, 0.1) is 0 Å². The van der Waals surface area contributed by atoms with E-state index >= 15 is 0 Å². The third-order valence-electron chi connectivity index (χ3n) is 4.11. The standard InChI is InChI=1S/C13H16N8O3/c1-13(2)23-8-6(3-19-20-15)22-12(9(8)24-13)21-5-18-7-10(14)16-4-17-11(7)21/h4-6,8-9,12H,3H2,1-2H3,(H2,14,16,17)/t6-,8+,9+,12-/m1/s1. The molecular formula is C13H16N8O3. The van der Waals surface area contributed by atoms with Crippen LogP contribution in [0.5, 0.6) is 0 Å². The molecule has 4 heterocycles. The lowest BCUT2D eigenvalue weighted by molar-refractivity contribution is -0.195. The highest BCUT2D eigenvalue weighted by Gasteiger charge is 2.55. The Kier molecular flexibility index (Phi) is 3.32. The highest BCUT2D eigenvalue weighted by atomic mass is 16.8. The van der Waals surface area contributed by atoms with Gasteiger partial charge in [0.05, 0.1) is 19.0 Å². The van der Waals surface area contributed by atoms with Gasteiger partial charge in [-0.05, 0) is 19.4 Å². The molecule has 0 radical (unpaired) electrons. The van der Waals surface area contributed by atoms with Crippen molar-refractivity contribution < 1.29 is 14.2 Å². The van der Waals surface area contributed by atoms with Gasteiger partial charge >= 0.3 is 0 Å². The van der Waals surface area contributed by atoms with Crippen molar-refractivity contribution in [3.8, 4) is 0 Å². The van der Waals surface area contributed by atoms with E-state index in [1.807, 2.05) is 13.8 Å². The lowest BCUT2D eigenvalue weighted by Gasteiger charge is -2.24. The van der Waals surface area contributed by atoms with Gasteiger partial charge in [0.25, 0.3) is 0 Å². The molecule has 4 rings (SSSR count). The van der Waals surface area contributed by atoms with Gasteiger partial charge < -0.3 is 19.9 Å². The summed E-state index contributed by atoms with van der Waals surface area (Å²) in [4.78, 5) is 15.2. The van der Waals surface area contributed by atoms with Crippen LogP contribution in [0.4, 0.5) is 5.82 Å². The maximum atomic E-state index is 8.58. The van der Waals surface area contributed by atoms with Crippen molar-refractivity contribution >= 4 is 17.0 Å². The van der Waals surface area contributed by atoms with E-state index in [0.717, 1.165) is 0 Å². The summed E-state index contributed by atoms with van der Waals surface area (Å²) in [6, 6.07) is 0. The molecule has 24 heavy (non-hydrogen) atoms. The van der Waals surface area contributed by atoms with Crippen LogP contribution in [0.25, 0.3) is 21.6 Å². The normalized spacial score (nSPS) is 31.1. The number of nitrogen functional groups attached to an aromatic ring is 1. The Balaban J connectivity index is 1.74. The maximum Gasteiger partial charge on any atom is 0.167 e. The van der Waals surface area contributed by atoms with E-state index in [0.29, 0.717) is 17.0 Å². The van der Waals surface area contributed by atoms with Crippen LogP contribution >= 0.6 is 0 Å². The van der Waals surface area contributed by atoms with Crippen LogP contribution in [-0.2, 0) is 14.2 Å². The first-order valence-electron chi connectivity index (χ1n) is 7.45. The van der Waals surface area contributed by atoms with Crippen molar-refractivity contribution in [1.29, 1.82) is 0 Å². The minimum atomic E-state index is -0.754. The molecule has 2 fully saturated rings. The van der Waals surface area contributed by atoms with Gasteiger partial charge in [0.15, 0.2) is 23.5 Å². The fourth-order valence-corrected chi connectivity index (χ4v) is 3.20. The van der Waals surface area contributed by atoms with Gasteiger partial charge in [0.2, 0.25) is 0 Å². The van der Waals surface area contributed by atoms with E-state index < -0.39 is 18.1 Å². The second-order valence-corrected chi connectivity index (χ2v) is 6.13. The highest BCUT2D eigenvalue weighted by molar-refractivity contribution is 5.81. The van der Waals surface area contributed by atoms with Crippen molar-refractivity contribution in [3.63, 3.8) is 0 Å². The zero-order valence-corrected chi connectivity index (χ0v) is 13.1. The Morgan fingerprint density at radius 1 is 1.33 bits per heavy atom. The number of hydrogen-bond acceptors (Lipinski definition) is 8. The van der Waals surface area contributed by atoms with Crippen LogP contribution in [0.2, 0.25) is 0 Å². The molecule has 0 unspecified atom stereocenters. The number of imidazole rings is 1. The average Bonchev–Trinajstić information content (AvgIpc) is 3.17. The van der Waals surface area contributed by atoms with Crippen molar-refractivity contribution in [2.75, 3.05) is 12.3 Å². The van der Waals surface area contributed by atoms with Gasteiger partial charge in [0, 0.05) is 4.91 Å². The molecule has 126 valence electrons. The van der Waals surface area contributed by atoms with Gasteiger partial charge in [0.1, 0.15) is 24.1 Å². The molecule has 2 aliphatic rings. The maximum absolute atomic E-state index is 8.58. The first-order chi connectivity index (χ1) is 11.5. The lowest BCUT2D eigenvalue weighted by Crippen LogP contribution is -2.31. The first-order valence-corrected chi connectivity index (χ1v) is 7.45. The van der Waals surface area contributed by atoms with E-state index in [4.69, 9.17) is 25.5 Å². The molecule has 2 saturated heterocycles. The van der Waals surface area contributed by atoms with Crippen LogP contribution in [0.1, 0.15) is 20.1 Å². The molecule has 2 aliphatic heterocycles. The number of azide groups is 1. The summed E-state index contributed by atoms with van der Waals surface area (Å²) in [6.07, 6.45) is 1.28. The third kappa shape index (κ3) is 2.26. The Bertz CT molecular complexity index is 830. The van der Waals surface area contributed by atoms with Gasteiger partial charge in [-0.3, -0.25) is 4.57 Å². The van der Waals surface area contributed by atoms with E-state index in [1.54, 1.807) is 10.9 Å².